The highest BCUT2D eigenvalue weighted by Crippen LogP contribution is 2.45. The first-order valence-corrected chi connectivity index (χ1v) is 11.9. The number of nitrogens with zero attached hydrogens (tertiary/aromatic N) is 1. The predicted molar refractivity (Wildman–Crippen MR) is 124 cm³/mol. The van der Waals surface area contributed by atoms with Gasteiger partial charge in [-0.15, -0.1) is 0 Å². The van der Waals surface area contributed by atoms with E-state index in [1.54, 1.807) is 49.6 Å². The molecule has 0 radical (unpaired) electrons. The maximum absolute atomic E-state index is 13.8. The van der Waals surface area contributed by atoms with E-state index < -0.39 is 5.60 Å². The van der Waals surface area contributed by atoms with Crippen LogP contribution in [0.2, 0.25) is 0 Å². The highest BCUT2D eigenvalue weighted by atomic mass is 16.5. The van der Waals surface area contributed by atoms with Gasteiger partial charge in [0, 0.05) is 29.8 Å². The van der Waals surface area contributed by atoms with Gasteiger partial charge in [-0.3, -0.25) is 9.59 Å². The number of rotatable bonds is 6. The Labute approximate surface area is 194 Å². The minimum absolute atomic E-state index is 0.118. The Morgan fingerprint density at radius 1 is 0.848 bits per heavy atom. The first kappa shape index (κ1) is 22.1. The lowest BCUT2D eigenvalue weighted by molar-refractivity contribution is -0.0712. The number of ether oxygens (including phenoxy) is 3. The molecule has 0 atom stereocenters. The quantitative estimate of drug-likeness (QED) is 0.609. The van der Waals surface area contributed by atoms with Crippen LogP contribution in [0.1, 0.15) is 64.8 Å². The zero-order valence-corrected chi connectivity index (χ0v) is 19.3. The van der Waals surface area contributed by atoms with Crippen LogP contribution in [0, 0.1) is 0 Å². The molecule has 0 N–H and O–H groups in total. The third-order valence-electron chi connectivity index (χ3n) is 7.23. The van der Waals surface area contributed by atoms with E-state index >= 15 is 0 Å². The molecule has 0 unspecified atom stereocenters. The molecule has 3 aliphatic rings. The summed E-state index contributed by atoms with van der Waals surface area (Å²) < 4.78 is 18.4. The number of methoxy groups -OCH3 is 1. The molecule has 0 bridgehead atoms. The van der Waals surface area contributed by atoms with Gasteiger partial charge in [0.15, 0.2) is 11.5 Å². The highest BCUT2D eigenvalue weighted by molar-refractivity contribution is 6.32. The summed E-state index contributed by atoms with van der Waals surface area (Å²) in [5.41, 5.74) is -0.333. The topological polar surface area (TPSA) is 65.1 Å². The summed E-state index contributed by atoms with van der Waals surface area (Å²) in [5.74, 6) is 0.568. The average Bonchev–Trinajstić information content (AvgIpc) is 3.42. The molecule has 0 spiro atoms. The van der Waals surface area contributed by atoms with E-state index in [0.717, 1.165) is 51.6 Å². The standard InChI is InChI=1S/C27H31NO5/c1-28-15-13-20(14-16-28)33-27(25(29)21-9-5-6-10-22(21)26(27)30)18-11-12-23(31-2)24(17-18)32-19-7-3-4-8-19/h5-6,9-12,17,19-20H,3-4,7-8,13-16H2,1-2H3. The molecule has 0 amide bonds. The summed E-state index contributed by atoms with van der Waals surface area (Å²) in [4.78, 5) is 29.9. The average molecular weight is 450 g/mol. The van der Waals surface area contributed by atoms with E-state index in [1.165, 1.54) is 0 Å². The lowest BCUT2D eigenvalue weighted by Gasteiger charge is -2.36. The monoisotopic (exact) mass is 449 g/mol. The van der Waals surface area contributed by atoms with E-state index in [2.05, 4.69) is 11.9 Å². The first-order valence-electron chi connectivity index (χ1n) is 11.9. The van der Waals surface area contributed by atoms with E-state index in [0.29, 0.717) is 28.2 Å². The Kier molecular flexibility index (Phi) is 5.97. The maximum Gasteiger partial charge on any atom is 0.219 e. The summed E-state index contributed by atoms with van der Waals surface area (Å²) >= 11 is 0. The number of ketones is 2. The van der Waals surface area contributed by atoms with Crippen molar-refractivity contribution in [2.45, 2.75) is 56.3 Å². The number of fused-ring (bicyclic) bond motifs is 1. The molecule has 6 heteroatoms. The largest absolute Gasteiger partial charge is 0.493 e. The molecule has 0 aromatic heterocycles. The van der Waals surface area contributed by atoms with Gasteiger partial charge in [0.2, 0.25) is 17.2 Å². The summed E-state index contributed by atoms with van der Waals surface area (Å²) in [6.45, 7) is 1.74. The van der Waals surface area contributed by atoms with Gasteiger partial charge in [0.05, 0.1) is 19.3 Å². The van der Waals surface area contributed by atoms with Crippen molar-refractivity contribution in [1.82, 2.24) is 4.90 Å². The van der Waals surface area contributed by atoms with Crippen molar-refractivity contribution < 1.29 is 23.8 Å². The SMILES string of the molecule is COc1ccc(C2(OC3CCN(C)CC3)C(=O)c3ccccc3C2=O)cc1OC1CCCC1. The van der Waals surface area contributed by atoms with Gasteiger partial charge in [-0.2, -0.15) is 0 Å². The Bertz CT molecular complexity index is 1020. The summed E-state index contributed by atoms with van der Waals surface area (Å²) in [6.07, 6.45) is 5.76. The Hall–Kier alpha value is -2.70. The molecule has 33 heavy (non-hydrogen) atoms. The molecule has 2 aromatic rings. The Morgan fingerprint density at radius 3 is 2.09 bits per heavy atom. The first-order chi connectivity index (χ1) is 16.0. The second kappa shape index (κ2) is 8.92. The number of Topliss-reactive ketones (excluding diaryl/α,β-unsaturated/α-hetero) is 2. The van der Waals surface area contributed by atoms with Gasteiger partial charge in [-0.25, -0.2) is 0 Å². The van der Waals surface area contributed by atoms with E-state index in [1.807, 2.05) is 0 Å². The molecule has 1 aliphatic heterocycles. The lowest BCUT2D eigenvalue weighted by Crippen LogP contribution is -2.46. The van der Waals surface area contributed by atoms with Crippen molar-refractivity contribution in [2.24, 2.45) is 0 Å². The van der Waals surface area contributed by atoms with Crippen LogP contribution in [0.25, 0.3) is 0 Å². The highest BCUT2D eigenvalue weighted by Gasteiger charge is 2.57. The Morgan fingerprint density at radius 2 is 1.48 bits per heavy atom. The lowest BCUT2D eigenvalue weighted by atomic mass is 9.87. The van der Waals surface area contributed by atoms with Crippen LogP contribution < -0.4 is 9.47 Å². The third-order valence-corrected chi connectivity index (χ3v) is 7.23. The Balaban J connectivity index is 1.58. The number of carbonyl (C=O) groups is 2. The zero-order chi connectivity index (χ0) is 23.0. The van der Waals surface area contributed by atoms with Crippen molar-refractivity contribution in [3.05, 3.63) is 59.2 Å². The van der Waals surface area contributed by atoms with Crippen LogP contribution in [0.5, 0.6) is 11.5 Å². The number of hydrogen-bond acceptors (Lipinski definition) is 6. The molecule has 2 fully saturated rings. The van der Waals surface area contributed by atoms with Crippen LogP contribution in [0.4, 0.5) is 0 Å². The second-order valence-corrected chi connectivity index (χ2v) is 9.40. The molecule has 5 rings (SSSR count). The predicted octanol–water partition coefficient (Wildman–Crippen LogP) is 4.40. The summed E-state index contributed by atoms with van der Waals surface area (Å²) in [5, 5.41) is 0. The van der Waals surface area contributed by atoms with Gasteiger partial charge in [-0.1, -0.05) is 30.3 Å². The normalized spacial score (nSPS) is 21.4. The minimum Gasteiger partial charge on any atom is -0.493 e. The van der Waals surface area contributed by atoms with E-state index in [4.69, 9.17) is 14.2 Å². The fourth-order valence-electron chi connectivity index (χ4n) is 5.33. The number of hydrogen-bond donors (Lipinski definition) is 0. The molecule has 1 saturated carbocycles. The van der Waals surface area contributed by atoms with Gasteiger partial charge in [0.1, 0.15) is 0 Å². The molecule has 174 valence electrons. The van der Waals surface area contributed by atoms with Crippen LogP contribution in [-0.2, 0) is 10.3 Å². The van der Waals surface area contributed by atoms with E-state index in [9.17, 15) is 9.59 Å². The van der Waals surface area contributed by atoms with Gasteiger partial charge >= 0.3 is 0 Å². The van der Waals surface area contributed by atoms with Crippen molar-refractivity contribution in [1.29, 1.82) is 0 Å². The third kappa shape index (κ3) is 3.85. The fraction of sp³-hybridized carbons (Fsp3) is 0.481. The zero-order valence-electron chi connectivity index (χ0n) is 19.3. The number of piperidine rings is 1. The minimum atomic E-state index is -1.69. The summed E-state index contributed by atoms with van der Waals surface area (Å²) in [6, 6.07) is 12.4. The summed E-state index contributed by atoms with van der Waals surface area (Å²) in [7, 11) is 3.67. The molecule has 1 heterocycles. The molecule has 1 saturated heterocycles. The van der Waals surface area contributed by atoms with Crippen molar-refractivity contribution in [3.8, 4) is 11.5 Å². The van der Waals surface area contributed by atoms with Gasteiger partial charge in [-0.05, 0) is 57.7 Å². The van der Waals surface area contributed by atoms with Crippen LogP contribution in [0.3, 0.4) is 0 Å². The van der Waals surface area contributed by atoms with Crippen molar-refractivity contribution in [2.75, 3.05) is 27.2 Å². The smallest absolute Gasteiger partial charge is 0.219 e. The molecule has 6 nitrogen and oxygen atoms in total. The van der Waals surface area contributed by atoms with Crippen LogP contribution in [-0.4, -0.2) is 55.9 Å². The maximum atomic E-state index is 13.8. The second-order valence-electron chi connectivity index (χ2n) is 9.40. The van der Waals surface area contributed by atoms with Gasteiger partial charge in [0.25, 0.3) is 0 Å². The number of carbonyl (C=O) groups excluding carboxylic acids is 2. The van der Waals surface area contributed by atoms with Crippen molar-refractivity contribution >= 4 is 11.6 Å². The molecule has 2 aliphatic carbocycles. The van der Waals surface area contributed by atoms with Gasteiger partial charge < -0.3 is 19.1 Å². The van der Waals surface area contributed by atoms with Crippen LogP contribution >= 0.6 is 0 Å². The molecule has 2 aromatic carbocycles. The van der Waals surface area contributed by atoms with Crippen molar-refractivity contribution in [3.63, 3.8) is 0 Å². The van der Waals surface area contributed by atoms with E-state index in [-0.39, 0.29) is 23.8 Å². The fourth-order valence-corrected chi connectivity index (χ4v) is 5.33. The molecular weight excluding hydrogens is 418 g/mol. The number of benzene rings is 2. The molecular formula is C27H31NO5. The van der Waals surface area contributed by atoms with Crippen LogP contribution in [0.15, 0.2) is 42.5 Å². The number of likely N-dealkylation sites (tertiary alicyclic amines) is 1.